The summed E-state index contributed by atoms with van der Waals surface area (Å²) in [5.74, 6) is 0. The van der Waals surface area contributed by atoms with Gasteiger partial charge in [0.15, 0.2) is 0 Å². The Bertz CT molecular complexity index is 3140. The molecule has 3 aromatic heterocycles. The van der Waals surface area contributed by atoms with E-state index in [-0.39, 0.29) is 0 Å². The third-order valence-electron chi connectivity index (χ3n) is 10.4. The van der Waals surface area contributed by atoms with Crippen molar-refractivity contribution in [2.24, 2.45) is 0 Å². The molecule has 11 aromatic rings. The number of thiophene rings is 1. The summed E-state index contributed by atoms with van der Waals surface area (Å²) in [6.07, 6.45) is 0. The van der Waals surface area contributed by atoms with Gasteiger partial charge in [-0.1, -0.05) is 127 Å². The quantitative estimate of drug-likeness (QED) is 0.183. The van der Waals surface area contributed by atoms with Crippen molar-refractivity contribution in [3.63, 3.8) is 0 Å². The fraction of sp³-hybridized carbons (Fsp3) is 0. The molecule has 0 aliphatic rings. The van der Waals surface area contributed by atoms with Crippen molar-refractivity contribution in [2.45, 2.75) is 0 Å². The number of rotatable bonds is 4. The summed E-state index contributed by atoms with van der Waals surface area (Å²) in [6.45, 7) is 0. The first-order valence-electron chi connectivity index (χ1n) is 17.3. The highest BCUT2D eigenvalue weighted by molar-refractivity contribution is 7.25. The van der Waals surface area contributed by atoms with Crippen LogP contribution in [0.4, 0.5) is 0 Å². The van der Waals surface area contributed by atoms with Crippen LogP contribution in [0, 0.1) is 0 Å². The van der Waals surface area contributed by atoms with Gasteiger partial charge in [0.25, 0.3) is 0 Å². The van der Waals surface area contributed by atoms with Crippen molar-refractivity contribution in [1.82, 2.24) is 4.57 Å². The molecule has 3 heterocycles. The largest absolute Gasteiger partial charge is 0.455 e. The topological polar surface area (TPSA) is 18.1 Å². The van der Waals surface area contributed by atoms with Crippen LogP contribution in [0.15, 0.2) is 180 Å². The van der Waals surface area contributed by atoms with Crippen LogP contribution in [-0.4, -0.2) is 4.57 Å². The maximum atomic E-state index is 6.66. The third kappa shape index (κ3) is 4.42. The molecule has 51 heavy (non-hydrogen) atoms. The van der Waals surface area contributed by atoms with Crippen LogP contribution in [0.25, 0.3) is 103 Å². The molecule has 0 bridgehead atoms. The van der Waals surface area contributed by atoms with Crippen LogP contribution in [0.1, 0.15) is 0 Å². The van der Waals surface area contributed by atoms with Crippen molar-refractivity contribution in [2.75, 3.05) is 0 Å². The number of benzene rings is 8. The Morgan fingerprint density at radius 3 is 1.92 bits per heavy atom. The minimum atomic E-state index is 0.895. The molecule has 0 radical (unpaired) electrons. The van der Waals surface area contributed by atoms with Gasteiger partial charge in [-0.15, -0.1) is 11.3 Å². The zero-order valence-electron chi connectivity index (χ0n) is 27.5. The van der Waals surface area contributed by atoms with Crippen LogP contribution >= 0.6 is 11.3 Å². The lowest BCUT2D eigenvalue weighted by Gasteiger charge is -2.13. The van der Waals surface area contributed by atoms with Gasteiger partial charge in [0.1, 0.15) is 11.2 Å². The fourth-order valence-electron chi connectivity index (χ4n) is 7.99. The molecule has 2 nitrogen and oxygen atoms in total. The summed E-state index contributed by atoms with van der Waals surface area (Å²) in [6, 6.07) is 63.8. The maximum absolute atomic E-state index is 6.66. The monoisotopic (exact) mass is 667 g/mol. The number of para-hydroxylation sites is 2. The molecule has 11 rings (SSSR count). The van der Waals surface area contributed by atoms with E-state index in [1.54, 1.807) is 0 Å². The van der Waals surface area contributed by atoms with E-state index in [1.807, 2.05) is 17.4 Å². The van der Waals surface area contributed by atoms with E-state index in [0.29, 0.717) is 0 Å². The molecule has 238 valence electrons. The summed E-state index contributed by atoms with van der Waals surface area (Å²) >= 11 is 1.87. The van der Waals surface area contributed by atoms with E-state index >= 15 is 0 Å². The molecule has 0 unspecified atom stereocenters. The predicted octanol–water partition coefficient (Wildman–Crippen LogP) is 14.1. The molecule has 0 aliphatic heterocycles. The van der Waals surface area contributed by atoms with Crippen LogP contribution in [0.2, 0.25) is 0 Å². The van der Waals surface area contributed by atoms with Gasteiger partial charge in [0, 0.05) is 53.0 Å². The highest BCUT2D eigenvalue weighted by Gasteiger charge is 2.19. The van der Waals surface area contributed by atoms with Crippen LogP contribution in [0.3, 0.4) is 0 Å². The molecule has 0 fully saturated rings. The zero-order valence-corrected chi connectivity index (χ0v) is 28.3. The highest BCUT2D eigenvalue weighted by atomic mass is 32.1. The minimum absolute atomic E-state index is 0.895. The number of nitrogens with zero attached hydrogens (tertiary/aromatic N) is 1. The molecule has 0 spiro atoms. The summed E-state index contributed by atoms with van der Waals surface area (Å²) in [5.41, 5.74) is 12.3. The Hall–Kier alpha value is -6.42. The second-order valence-electron chi connectivity index (χ2n) is 13.3. The standard InChI is InChI=1S/C48H29NOS/c1-2-11-30(12-3-1)31-13-10-14-34(25-31)41-28-35(29-42-38-16-5-8-19-45(38)50-48(41)42)49-43-18-7-4-15-36(43)37-23-21-32(26-44(37)49)33-22-24-40-39-17-6-9-20-46(39)51-47(40)27-33/h1-29H. The van der Waals surface area contributed by atoms with Gasteiger partial charge in [0.2, 0.25) is 0 Å². The first-order valence-corrected chi connectivity index (χ1v) is 18.1. The fourth-order valence-corrected chi connectivity index (χ4v) is 9.13. The second-order valence-corrected chi connectivity index (χ2v) is 14.4. The average Bonchev–Trinajstić information content (AvgIpc) is 3.87. The van der Waals surface area contributed by atoms with Crippen LogP contribution < -0.4 is 0 Å². The van der Waals surface area contributed by atoms with E-state index in [0.717, 1.165) is 38.8 Å². The molecule has 3 heteroatoms. The first-order chi connectivity index (χ1) is 25.3. The third-order valence-corrected chi connectivity index (χ3v) is 11.5. The number of aromatic nitrogens is 1. The normalized spacial score (nSPS) is 11.9. The average molecular weight is 668 g/mol. The molecule has 0 atom stereocenters. The van der Waals surface area contributed by atoms with Gasteiger partial charge in [-0.25, -0.2) is 0 Å². The van der Waals surface area contributed by atoms with Gasteiger partial charge in [-0.3, -0.25) is 0 Å². The Balaban J connectivity index is 1.17. The van der Waals surface area contributed by atoms with Gasteiger partial charge in [0.05, 0.1) is 11.0 Å². The molecule has 0 saturated carbocycles. The van der Waals surface area contributed by atoms with E-state index in [4.69, 9.17) is 4.42 Å². The predicted molar refractivity (Wildman–Crippen MR) is 217 cm³/mol. The van der Waals surface area contributed by atoms with Gasteiger partial charge >= 0.3 is 0 Å². The molecule has 0 amide bonds. The molecule has 0 N–H and O–H groups in total. The maximum Gasteiger partial charge on any atom is 0.143 e. The highest BCUT2D eigenvalue weighted by Crippen LogP contribution is 2.42. The van der Waals surface area contributed by atoms with Crippen molar-refractivity contribution < 1.29 is 4.42 Å². The van der Waals surface area contributed by atoms with E-state index in [9.17, 15) is 0 Å². The van der Waals surface area contributed by atoms with Gasteiger partial charge in [-0.05, 0) is 76.3 Å². The number of fused-ring (bicyclic) bond motifs is 9. The Labute approximate surface area is 298 Å². The van der Waals surface area contributed by atoms with Crippen molar-refractivity contribution in [1.29, 1.82) is 0 Å². The molecular formula is C48H29NOS. The minimum Gasteiger partial charge on any atom is -0.455 e. The lowest BCUT2D eigenvalue weighted by atomic mass is 9.97. The lowest BCUT2D eigenvalue weighted by Crippen LogP contribution is -1.95. The first kappa shape index (κ1) is 28.4. The van der Waals surface area contributed by atoms with Crippen LogP contribution in [0.5, 0.6) is 0 Å². The van der Waals surface area contributed by atoms with E-state index in [2.05, 4.69) is 174 Å². The summed E-state index contributed by atoms with van der Waals surface area (Å²) in [4.78, 5) is 0. The number of hydrogen-bond donors (Lipinski definition) is 0. The van der Waals surface area contributed by atoms with Crippen molar-refractivity contribution in [3.05, 3.63) is 176 Å². The van der Waals surface area contributed by atoms with E-state index < -0.39 is 0 Å². The molecule has 0 saturated heterocycles. The van der Waals surface area contributed by atoms with E-state index in [1.165, 1.54) is 64.2 Å². The summed E-state index contributed by atoms with van der Waals surface area (Å²) in [7, 11) is 0. The smallest absolute Gasteiger partial charge is 0.143 e. The van der Waals surface area contributed by atoms with Crippen LogP contribution in [-0.2, 0) is 0 Å². The summed E-state index contributed by atoms with van der Waals surface area (Å²) in [5, 5.41) is 7.35. The zero-order chi connectivity index (χ0) is 33.5. The molecular weight excluding hydrogens is 639 g/mol. The van der Waals surface area contributed by atoms with Gasteiger partial charge in [-0.2, -0.15) is 0 Å². The Morgan fingerprint density at radius 1 is 0.373 bits per heavy atom. The van der Waals surface area contributed by atoms with Crippen molar-refractivity contribution >= 4 is 75.3 Å². The lowest BCUT2D eigenvalue weighted by molar-refractivity contribution is 0.670. The SMILES string of the molecule is c1ccc(-c2cccc(-c3cc(-n4c5ccccc5c5ccc(-c6ccc7c(c6)sc6ccccc67)cc54)cc4c3oc3ccccc34)c2)cc1. The second kappa shape index (κ2) is 11.0. The Morgan fingerprint density at radius 2 is 1.02 bits per heavy atom. The van der Waals surface area contributed by atoms with Gasteiger partial charge < -0.3 is 8.98 Å². The summed E-state index contributed by atoms with van der Waals surface area (Å²) < 4.78 is 11.7. The molecule has 0 aliphatic carbocycles. The Kier molecular flexibility index (Phi) is 6.16. The van der Waals surface area contributed by atoms with Crippen molar-refractivity contribution in [3.8, 4) is 39.1 Å². The number of hydrogen-bond acceptors (Lipinski definition) is 2. The molecule has 8 aromatic carbocycles. The number of furan rings is 1.